The van der Waals surface area contributed by atoms with Gasteiger partial charge in [0.25, 0.3) is 0 Å². The molecular weight excluding hydrogens is 689 g/mol. The number of nitrogens with zero attached hydrogens (tertiary/aromatic N) is 6. The van der Waals surface area contributed by atoms with Crippen LogP contribution in [0.2, 0.25) is 25.7 Å². The standard InChI is InChI=1S/C40H52N6O6Si/c1-40(2,3)52-39(47)45-16-14-44(15-17-45)33-10-8-28(23-36(33)48-4)34-24-32-37(42-26-43-38(32)46(34)27-50-20-21-53(5,6)7)29-9-11-35(30(22-29)25-41)51-31-12-18-49-19-13-31/h8-11,22-24,26,31H,12-21,27H2,1-7H3. The highest BCUT2D eigenvalue weighted by Gasteiger charge is 2.28. The number of aromatic nitrogens is 3. The molecular formula is C40H52N6O6Si. The van der Waals surface area contributed by atoms with E-state index in [9.17, 15) is 10.1 Å². The van der Waals surface area contributed by atoms with Crippen LogP contribution >= 0.6 is 0 Å². The molecule has 13 heteroatoms. The number of carbonyl (C=O) groups is 1. The summed E-state index contributed by atoms with van der Waals surface area (Å²) in [4.78, 5) is 26.2. The maximum Gasteiger partial charge on any atom is 0.410 e. The van der Waals surface area contributed by atoms with Gasteiger partial charge in [0.2, 0.25) is 0 Å². The van der Waals surface area contributed by atoms with E-state index in [0.29, 0.717) is 64.0 Å². The summed E-state index contributed by atoms with van der Waals surface area (Å²) in [5, 5.41) is 11.0. The Bertz CT molecular complexity index is 1950. The fraction of sp³-hybridized carbons (Fsp3) is 0.500. The first-order valence-corrected chi connectivity index (χ1v) is 22.2. The Hall–Kier alpha value is -4.64. The van der Waals surface area contributed by atoms with E-state index in [2.05, 4.69) is 53.4 Å². The van der Waals surface area contributed by atoms with E-state index in [1.165, 1.54) is 0 Å². The topological polar surface area (TPSA) is 124 Å². The van der Waals surface area contributed by atoms with Crippen molar-refractivity contribution in [3.8, 4) is 40.1 Å². The summed E-state index contributed by atoms with van der Waals surface area (Å²) in [6, 6.07) is 17.4. The van der Waals surface area contributed by atoms with Crippen LogP contribution in [-0.2, 0) is 20.9 Å². The van der Waals surface area contributed by atoms with Crippen molar-refractivity contribution in [3.05, 3.63) is 54.4 Å². The molecule has 2 aromatic heterocycles. The molecule has 1 amide bonds. The van der Waals surface area contributed by atoms with Crippen LogP contribution in [-0.4, -0.2) is 98.4 Å². The molecule has 6 rings (SSSR count). The predicted molar refractivity (Wildman–Crippen MR) is 208 cm³/mol. The number of benzene rings is 2. The average Bonchev–Trinajstić information content (AvgIpc) is 3.51. The zero-order valence-corrected chi connectivity index (χ0v) is 33.1. The minimum absolute atomic E-state index is 0.0233. The van der Waals surface area contributed by atoms with Crippen LogP contribution in [0, 0.1) is 11.3 Å². The van der Waals surface area contributed by atoms with E-state index < -0.39 is 13.7 Å². The number of nitriles is 1. The lowest BCUT2D eigenvalue weighted by Gasteiger charge is -2.37. The highest BCUT2D eigenvalue weighted by Crippen LogP contribution is 2.38. The van der Waals surface area contributed by atoms with Gasteiger partial charge in [0.05, 0.1) is 43.0 Å². The van der Waals surface area contributed by atoms with Gasteiger partial charge in [-0.25, -0.2) is 14.8 Å². The third-order valence-electron chi connectivity index (χ3n) is 9.49. The number of fused-ring (bicyclic) bond motifs is 1. The van der Waals surface area contributed by atoms with E-state index in [0.717, 1.165) is 63.9 Å². The highest BCUT2D eigenvalue weighted by molar-refractivity contribution is 6.76. The van der Waals surface area contributed by atoms with Gasteiger partial charge in [-0.1, -0.05) is 25.7 Å². The Balaban J connectivity index is 1.32. The zero-order valence-electron chi connectivity index (χ0n) is 32.1. The largest absolute Gasteiger partial charge is 0.495 e. The predicted octanol–water partition coefficient (Wildman–Crippen LogP) is 7.57. The molecule has 4 heterocycles. The van der Waals surface area contributed by atoms with E-state index in [1.807, 2.05) is 45.0 Å². The number of methoxy groups -OCH3 is 1. The molecule has 0 spiro atoms. The third kappa shape index (κ3) is 9.30. The van der Waals surface area contributed by atoms with Crippen molar-refractivity contribution in [2.75, 3.05) is 58.0 Å². The Morgan fingerprint density at radius 1 is 0.981 bits per heavy atom. The van der Waals surface area contributed by atoms with E-state index in [-0.39, 0.29) is 12.2 Å². The molecule has 12 nitrogen and oxygen atoms in total. The van der Waals surface area contributed by atoms with Crippen molar-refractivity contribution in [1.29, 1.82) is 5.26 Å². The van der Waals surface area contributed by atoms with Gasteiger partial charge >= 0.3 is 6.09 Å². The number of amides is 1. The van der Waals surface area contributed by atoms with Crippen LogP contribution in [0.1, 0.15) is 39.2 Å². The summed E-state index contributed by atoms with van der Waals surface area (Å²) < 4.78 is 31.7. The van der Waals surface area contributed by atoms with Gasteiger partial charge in [0, 0.05) is 70.2 Å². The van der Waals surface area contributed by atoms with Crippen molar-refractivity contribution < 1.29 is 28.5 Å². The molecule has 0 aliphatic carbocycles. The van der Waals surface area contributed by atoms with Crippen LogP contribution in [0.25, 0.3) is 33.5 Å². The number of rotatable bonds is 11. The molecule has 2 aliphatic rings. The summed E-state index contributed by atoms with van der Waals surface area (Å²) in [6.07, 6.45) is 2.90. The summed E-state index contributed by atoms with van der Waals surface area (Å²) >= 11 is 0. The second-order valence-corrected chi connectivity index (χ2v) is 21.5. The Labute approximate surface area is 313 Å². The average molecular weight is 741 g/mol. The van der Waals surface area contributed by atoms with Crippen LogP contribution in [0.3, 0.4) is 0 Å². The SMILES string of the molecule is COc1cc(-c2cc3c(-c4ccc(OC5CCOCC5)c(C#N)c4)ncnc3n2COCC[Si](C)(C)C)ccc1N1CCN(C(=O)OC(C)(C)C)CC1. The quantitative estimate of drug-likeness (QED) is 0.112. The minimum Gasteiger partial charge on any atom is -0.495 e. The minimum atomic E-state index is -1.30. The van der Waals surface area contributed by atoms with E-state index in [4.69, 9.17) is 33.7 Å². The smallest absolute Gasteiger partial charge is 0.410 e. The molecule has 2 saturated heterocycles. The fourth-order valence-electron chi connectivity index (χ4n) is 6.59. The van der Waals surface area contributed by atoms with Crippen molar-refractivity contribution in [1.82, 2.24) is 19.4 Å². The molecule has 2 aromatic carbocycles. The van der Waals surface area contributed by atoms with Gasteiger partial charge in [-0.3, -0.25) is 0 Å². The molecule has 0 atom stereocenters. The number of anilines is 1. The fourth-order valence-corrected chi connectivity index (χ4v) is 7.35. The number of ether oxygens (including phenoxy) is 5. The first kappa shape index (κ1) is 38.1. The first-order valence-electron chi connectivity index (χ1n) is 18.5. The van der Waals surface area contributed by atoms with Gasteiger partial charge in [0.1, 0.15) is 48.0 Å². The summed E-state index contributed by atoms with van der Waals surface area (Å²) in [5.41, 5.74) is 4.99. The molecule has 0 N–H and O–H groups in total. The lowest BCUT2D eigenvalue weighted by molar-refractivity contribution is 0.0239. The van der Waals surface area contributed by atoms with Gasteiger partial charge in [0.15, 0.2) is 0 Å². The maximum atomic E-state index is 12.7. The molecule has 0 unspecified atom stereocenters. The van der Waals surface area contributed by atoms with Gasteiger partial charge < -0.3 is 38.1 Å². The number of hydrogen-bond donors (Lipinski definition) is 0. The van der Waals surface area contributed by atoms with Crippen LogP contribution in [0.5, 0.6) is 11.5 Å². The molecule has 0 saturated carbocycles. The Morgan fingerprint density at radius 3 is 2.40 bits per heavy atom. The lowest BCUT2D eigenvalue weighted by atomic mass is 10.0. The molecule has 2 aliphatic heterocycles. The summed E-state index contributed by atoms with van der Waals surface area (Å²) in [5.74, 6) is 1.30. The van der Waals surface area contributed by atoms with Gasteiger partial charge in [-0.05, 0) is 63.2 Å². The zero-order chi connectivity index (χ0) is 37.8. The Kier molecular flexibility index (Phi) is 11.6. The molecule has 4 aromatic rings. The molecule has 0 bridgehead atoms. The van der Waals surface area contributed by atoms with Crippen LogP contribution in [0.4, 0.5) is 10.5 Å². The van der Waals surface area contributed by atoms with Crippen molar-refractivity contribution in [3.63, 3.8) is 0 Å². The number of piperazine rings is 1. The highest BCUT2D eigenvalue weighted by atomic mass is 28.3. The summed E-state index contributed by atoms with van der Waals surface area (Å²) in [6.45, 7) is 17.4. The second kappa shape index (κ2) is 16.2. The summed E-state index contributed by atoms with van der Waals surface area (Å²) in [7, 11) is 0.380. The first-order chi connectivity index (χ1) is 25.3. The molecule has 53 heavy (non-hydrogen) atoms. The lowest BCUT2D eigenvalue weighted by Crippen LogP contribution is -2.50. The number of hydrogen-bond acceptors (Lipinski definition) is 10. The van der Waals surface area contributed by atoms with Crippen molar-refractivity contribution in [2.24, 2.45) is 0 Å². The van der Waals surface area contributed by atoms with E-state index >= 15 is 0 Å². The van der Waals surface area contributed by atoms with Crippen LogP contribution in [0.15, 0.2) is 48.8 Å². The van der Waals surface area contributed by atoms with E-state index in [1.54, 1.807) is 18.3 Å². The molecule has 282 valence electrons. The third-order valence-corrected chi connectivity index (χ3v) is 11.2. The van der Waals surface area contributed by atoms with Gasteiger partial charge in [-0.15, -0.1) is 0 Å². The Morgan fingerprint density at radius 2 is 1.72 bits per heavy atom. The van der Waals surface area contributed by atoms with Crippen LogP contribution < -0.4 is 14.4 Å². The second-order valence-electron chi connectivity index (χ2n) is 15.9. The monoisotopic (exact) mass is 740 g/mol. The van der Waals surface area contributed by atoms with Crippen molar-refractivity contribution >= 4 is 30.9 Å². The molecule has 2 fully saturated rings. The molecule has 0 radical (unpaired) electrons. The normalized spacial score (nSPS) is 15.7. The van der Waals surface area contributed by atoms with Gasteiger partial charge in [-0.2, -0.15) is 5.26 Å². The number of carbonyl (C=O) groups excluding carboxylic acids is 1. The van der Waals surface area contributed by atoms with Crippen molar-refractivity contribution in [2.45, 2.75) is 77.7 Å². The maximum absolute atomic E-state index is 12.7.